The van der Waals surface area contributed by atoms with Gasteiger partial charge in [-0.1, -0.05) is 55.8 Å². The Hall–Kier alpha value is -1.16. The van der Waals surface area contributed by atoms with Crippen LogP contribution < -0.4 is 0 Å². The smallest absolute Gasteiger partial charge is 0.229 e. The third-order valence-electron chi connectivity index (χ3n) is 3.38. The highest BCUT2D eigenvalue weighted by molar-refractivity contribution is 6.26. The van der Waals surface area contributed by atoms with Crippen LogP contribution >= 0.6 is 0 Å². The summed E-state index contributed by atoms with van der Waals surface area (Å²) in [7, 11) is 0.655. The van der Waals surface area contributed by atoms with Gasteiger partial charge in [0.1, 0.15) is 0 Å². The summed E-state index contributed by atoms with van der Waals surface area (Å²) >= 11 is 0. The minimum absolute atomic E-state index is 0.655. The van der Waals surface area contributed by atoms with E-state index in [0.29, 0.717) is 9.76 Å². The summed E-state index contributed by atoms with van der Waals surface area (Å²) in [5.41, 5.74) is 1.37. The molecule has 2 aromatic rings. The SMILES string of the molecule is CCC[Si]OCCCOCCc1cccc2ccccc12. The Bertz CT molecular complexity index is 522. The highest BCUT2D eigenvalue weighted by atomic mass is 28.2. The number of ether oxygens (including phenoxy) is 1. The van der Waals surface area contributed by atoms with Crippen molar-refractivity contribution in [1.29, 1.82) is 0 Å². The van der Waals surface area contributed by atoms with Crippen molar-refractivity contribution in [3.05, 3.63) is 48.0 Å². The van der Waals surface area contributed by atoms with Crippen LogP contribution in [-0.4, -0.2) is 29.6 Å². The third-order valence-corrected chi connectivity index (χ3v) is 4.50. The largest absolute Gasteiger partial charge is 0.417 e. The third kappa shape index (κ3) is 5.62. The van der Waals surface area contributed by atoms with Gasteiger partial charge in [0, 0.05) is 13.2 Å². The van der Waals surface area contributed by atoms with Crippen molar-refractivity contribution >= 4 is 20.5 Å². The molecule has 0 aliphatic heterocycles. The summed E-state index contributed by atoms with van der Waals surface area (Å²) in [5, 5.41) is 2.65. The molecule has 0 spiro atoms. The minimum Gasteiger partial charge on any atom is -0.417 e. The van der Waals surface area contributed by atoms with E-state index >= 15 is 0 Å². The molecule has 0 saturated carbocycles. The van der Waals surface area contributed by atoms with Gasteiger partial charge in [-0.05, 0) is 35.2 Å². The van der Waals surface area contributed by atoms with E-state index in [9.17, 15) is 0 Å². The molecule has 3 heteroatoms. The molecular weight excluding hydrogens is 276 g/mol. The molecule has 0 atom stereocenters. The first-order chi connectivity index (χ1) is 10.4. The lowest BCUT2D eigenvalue weighted by Crippen LogP contribution is -2.06. The maximum atomic E-state index is 5.72. The summed E-state index contributed by atoms with van der Waals surface area (Å²) < 4.78 is 11.3. The second kappa shape index (κ2) is 9.72. The molecule has 0 N–H and O–H groups in total. The van der Waals surface area contributed by atoms with Gasteiger partial charge in [-0.2, -0.15) is 0 Å². The number of fused-ring (bicyclic) bond motifs is 1. The van der Waals surface area contributed by atoms with Crippen molar-refractivity contribution in [2.24, 2.45) is 0 Å². The van der Waals surface area contributed by atoms with Crippen LogP contribution in [0.4, 0.5) is 0 Å². The fraction of sp³-hybridized carbons (Fsp3) is 0.444. The number of rotatable bonds is 10. The highest BCUT2D eigenvalue weighted by Gasteiger charge is 2.00. The van der Waals surface area contributed by atoms with Gasteiger partial charge in [0.2, 0.25) is 9.76 Å². The van der Waals surface area contributed by atoms with Crippen LogP contribution in [0.25, 0.3) is 10.8 Å². The topological polar surface area (TPSA) is 18.5 Å². The summed E-state index contributed by atoms with van der Waals surface area (Å²) in [6, 6.07) is 16.2. The maximum Gasteiger partial charge on any atom is 0.229 e. The summed E-state index contributed by atoms with van der Waals surface area (Å²) in [6.07, 6.45) is 3.17. The molecule has 2 radical (unpaired) electrons. The molecule has 0 heterocycles. The van der Waals surface area contributed by atoms with Crippen molar-refractivity contribution < 1.29 is 9.16 Å². The van der Waals surface area contributed by atoms with E-state index < -0.39 is 0 Å². The van der Waals surface area contributed by atoms with Gasteiger partial charge in [0.25, 0.3) is 0 Å². The number of hydrogen-bond acceptors (Lipinski definition) is 2. The van der Waals surface area contributed by atoms with Gasteiger partial charge < -0.3 is 9.16 Å². The Morgan fingerprint density at radius 1 is 0.952 bits per heavy atom. The average molecular weight is 300 g/mol. The van der Waals surface area contributed by atoms with Crippen molar-refractivity contribution in [1.82, 2.24) is 0 Å². The zero-order chi connectivity index (χ0) is 14.8. The second-order valence-corrected chi connectivity index (χ2v) is 6.17. The average Bonchev–Trinajstić information content (AvgIpc) is 2.53. The molecular formula is C18H24O2Si. The summed E-state index contributed by atoms with van der Waals surface area (Å²) in [4.78, 5) is 0. The quantitative estimate of drug-likeness (QED) is 0.482. The molecule has 2 aromatic carbocycles. The van der Waals surface area contributed by atoms with Crippen LogP contribution in [0.2, 0.25) is 6.04 Å². The number of hydrogen-bond donors (Lipinski definition) is 0. The molecule has 2 rings (SSSR count). The first kappa shape index (κ1) is 16.2. The predicted octanol–water partition coefficient (Wildman–Crippen LogP) is 4.25. The summed E-state index contributed by atoms with van der Waals surface area (Å²) in [6.45, 7) is 4.59. The van der Waals surface area contributed by atoms with Crippen LogP contribution in [0.5, 0.6) is 0 Å². The standard InChI is InChI=1S/C18H24O2Si/c1-2-15-21-20-13-6-12-19-14-11-17-9-5-8-16-7-3-4-10-18(16)17/h3-5,7-10H,2,6,11-15H2,1H3. The van der Waals surface area contributed by atoms with Gasteiger partial charge in [-0.15, -0.1) is 0 Å². The second-order valence-electron chi connectivity index (χ2n) is 5.10. The van der Waals surface area contributed by atoms with E-state index in [-0.39, 0.29) is 0 Å². The van der Waals surface area contributed by atoms with E-state index in [1.165, 1.54) is 28.8 Å². The van der Waals surface area contributed by atoms with E-state index in [1.807, 2.05) is 0 Å². The lowest BCUT2D eigenvalue weighted by atomic mass is 10.0. The van der Waals surface area contributed by atoms with Crippen LogP contribution in [0.1, 0.15) is 25.3 Å². The van der Waals surface area contributed by atoms with Gasteiger partial charge in [-0.25, -0.2) is 0 Å². The zero-order valence-electron chi connectivity index (χ0n) is 12.8. The van der Waals surface area contributed by atoms with E-state index in [4.69, 9.17) is 9.16 Å². The van der Waals surface area contributed by atoms with E-state index in [1.54, 1.807) is 0 Å². The fourth-order valence-corrected chi connectivity index (χ4v) is 2.91. The predicted molar refractivity (Wildman–Crippen MR) is 89.9 cm³/mol. The monoisotopic (exact) mass is 300 g/mol. The van der Waals surface area contributed by atoms with Crippen molar-refractivity contribution in [2.75, 3.05) is 19.8 Å². The van der Waals surface area contributed by atoms with Crippen molar-refractivity contribution in [2.45, 2.75) is 32.2 Å². The van der Waals surface area contributed by atoms with Gasteiger partial charge >= 0.3 is 0 Å². The Kier molecular flexibility index (Phi) is 7.50. The number of benzene rings is 2. The lowest BCUT2D eigenvalue weighted by molar-refractivity contribution is 0.123. The Balaban J connectivity index is 1.64. The molecule has 0 aromatic heterocycles. The molecule has 21 heavy (non-hydrogen) atoms. The van der Waals surface area contributed by atoms with Gasteiger partial charge in [-0.3, -0.25) is 0 Å². The van der Waals surface area contributed by atoms with Crippen LogP contribution in [0.3, 0.4) is 0 Å². The van der Waals surface area contributed by atoms with Gasteiger partial charge in [0.15, 0.2) is 0 Å². The normalized spacial score (nSPS) is 11.1. The first-order valence-electron chi connectivity index (χ1n) is 7.81. The van der Waals surface area contributed by atoms with Crippen molar-refractivity contribution in [3.8, 4) is 0 Å². The van der Waals surface area contributed by atoms with E-state index in [0.717, 1.165) is 32.7 Å². The molecule has 0 aliphatic carbocycles. The minimum atomic E-state index is 0.655. The molecule has 112 valence electrons. The maximum absolute atomic E-state index is 5.72. The lowest BCUT2D eigenvalue weighted by Gasteiger charge is -2.08. The van der Waals surface area contributed by atoms with Crippen LogP contribution in [0, 0.1) is 0 Å². The molecule has 0 amide bonds. The van der Waals surface area contributed by atoms with Crippen LogP contribution in [0.15, 0.2) is 42.5 Å². The molecule has 0 saturated heterocycles. The molecule has 0 bridgehead atoms. The highest BCUT2D eigenvalue weighted by Crippen LogP contribution is 2.18. The molecule has 2 nitrogen and oxygen atoms in total. The van der Waals surface area contributed by atoms with E-state index in [2.05, 4.69) is 49.4 Å². The Labute approximate surface area is 130 Å². The molecule has 0 unspecified atom stereocenters. The van der Waals surface area contributed by atoms with Crippen molar-refractivity contribution in [3.63, 3.8) is 0 Å². The molecule has 0 fully saturated rings. The Morgan fingerprint density at radius 2 is 1.81 bits per heavy atom. The Morgan fingerprint density at radius 3 is 2.71 bits per heavy atom. The van der Waals surface area contributed by atoms with Crippen LogP contribution in [-0.2, 0) is 15.6 Å². The van der Waals surface area contributed by atoms with Gasteiger partial charge in [0.05, 0.1) is 6.61 Å². The fourth-order valence-electron chi connectivity index (χ4n) is 2.27. The zero-order valence-corrected chi connectivity index (χ0v) is 13.8. The molecule has 0 aliphatic rings. The summed E-state index contributed by atoms with van der Waals surface area (Å²) in [5.74, 6) is 0. The first-order valence-corrected chi connectivity index (χ1v) is 8.92.